The van der Waals surface area contributed by atoms with E-state index in [-0.39, 0.29) is 28.5 Å². The summed E-state index contributed by atoms with van der Waals surface area (Å²) in [6.07, 6.45) is 0. The fraction of sp³-hybridized carbons (Fsp3) is 0.222. The third-order valence-corrected chi connectivity index (χ3v) is 5.53. The number of hydrogen-bond acceptors (Lipinski definition) is 4. The molecule has 3 N–H and O–H groups in total. The summed E-state index contributed by atoms with van der Waals surface area (Å²) in [5, 5.41) is 26.2. The Balaban J connectivity index is 0.00000156. The largest absolute Gasteiger partial charge is 0.504 e. The first-order valence-electron chi connectivity index (χ1n) is 7.43. The number of aromatic hydroxyl groups is 2. The number of thiophene rings is 1. The van der Waals surface area contributed by atoms with Crippen LogP contribution in [0.4, 0.5) is 0 Å². The minimum atomic E-state index is -0.0633. The molecule has 23 heavy (non-hydrogen) atoms. The lowest BCUT2D eigenvalue weighted by Gasteiger charge is -2.20. The van der Waals surface area contributed by atoms with Crippen LogP contribution < -0.4 is 5.32 Å². The Hall–Kier alpha value is -1.56. The van der Waals surface area contributed by atoms with Gasteiger partial charge in [-0.15, -0.1) is 28.3 Å². The molecule has 3 nitrogen and oxygen atoms in total. The molecule has 0 radical (unpaired) electrons. The van der Waals surface area contributed by atoms with Crippen LogP contribution in [0.25, 0.3) is 10.1 Å². The predicted octanol–water partition coefficient (Wildman–Crippen LogP) is 4.36. The smallest absolute Gasteiger partial charge is 0.157 e. The molecule has 3 aromatic rings. The third-order valence-electron chi connectivity index (χ3n) is 4.55. The second kappa shape index (κ2) is 6.51. The summed E-state index contributed by atoms with van der Waals surface area (Å²) in [6.45, 7) is 1.82. The van der Waals surface area contributed by atoms with E-state index in [4.69, 9.17) is 0 Å². The molecule has 2 atom stereocenters. The van der Waals surface area contributed by atoms with E-state index in [0.29, 0.717) is 11.8 Å². The highest BCUT2D eigenvalue weighted by molar-refractivity contribution is 8.93. The quantitative estimate of drug-likeness (QED) is 0.568. The van der Waals surface area contributed by atoms with Crippen LogP contribution in [0.2, 0.25) is 0 Å². The fourth-order valence-electron chi connectivity index (χ4n) is 3.43. The van der Waals surface area contributed by atoms with E-state index in [1.165, 1.54) is 15.6 Å². The van der Waals surface area contributed by atoms with Gasteiger partial charge in [-0.25, -0.2) is 0 Å². The van der Waals surface area contributed by atoms with E-state index in [0.717, 1.165) is 18.7 Å². The Labute approximate surface area is 149 Å². The summed E-state index contributed by atoms with van der Waals surface area (Å²) in [5.74, 6) is 0.578. The average Bonchev–Trinajstić information content (AvgIpc) is 3.18. The monoisotopic (exact) mass is 391 g/mol. The number of benzene rings is 2. The summed E-state index contributed by atoms with van der Waals surface area (Å²) in [5.41, 5.74) is 2.44. The van der Waals surface area contributed by atoms with Gasteiger partial charge in [0.25, 0.3) is 0 Å². The molecular formula is C18H18BrNO2S. The lowest BCUT2D eigenvalue weighted by Crippen LogP contribution is -2.09. The Kier molecular flexibility index (Phi) is 4.62. The van der Waals surface area contributed by atoms with Gasteiger partial charge in [0.2, 0.25) is 0 Å². The van der Waals surface area contributed by atoms with Crippen molar-refractivity contribution in [1.29, 1.82) is 0 Å². The molecule has 1 aliphatic heterocycles. The molecule has 120 valence electrons. The van der Waals surface area contributed by atoms with Crippen molar-refractivity contribution in [3.05, 3.63) is 59.0 Å². The molecule has 5 heteroatoms. The highest BCUT2D eigenvalue weighted by Gasteiger charge is 2.31. The van der Waals surface area contributed by atoms with Crippen LogP contribution in [0.5, 0.6) is 11.5 Å². The average molecular weight is 392 g/mol. The van der Waals surface area contributed by atoms with Crippen LogP contribution in [-0.2, 0) is 0 Å². The zero-order valence-corrected chi connectivity index (χ0v) is 14.9. The highest BCUT2D eigenvalue weighted by atomic mass is 79.9. The van der Waals surface area contributed by atoms with Crippen molar-refractivity contribution < 1.29 is 10.2 Å². The number of phenols is 2. The first-order chi connectivity index (χ1) is 10.7. The minimum absolute atomic E-state index is 0. The zero-order valence-electron chi connectivity index (χ0n) is 12.4. The third kappa shape index (κ3) is 2.84. The Morgan fingerprint density at radius 3 is 2.61 bits per heavy atom. The summed E-state index contributed by atoms with van der Waals surface area (Å²) in [6, 6.07) is 13.8. The minimum Gasteiger partial charge on any atom is -0.504 e. The van der Waals surface area contributed by atoms with Crippen molar-refractivity contribution in [2.45, 2.75) is 11.8 Å². The summed E-state index contributed by atoms with van der Waals surface area (Å²) in [4.78, 5) is 0. The van der Waals surface area contributed by atoms with Gasteiger partial charge in [0.1, 0.15) is 0 Å². The molecule has 2 heterocycles. The topological polar surface area (TPSA) is 52.5 Å². The highest BCUT2D eigenvalue weighted by Crippen LogP contribution is 2.41. The second-order valence-corrected chi connectivity index (χ2v) is 6.72. The molecule has 1 aliphatic rings. The Morgan fingerprint density at radius 2 is 1.78 bits per heavy atom. The van der Waals surface area contributed by atoms with Gasteiger partial charge in [-0.1, -0.05) is 24.3 Å². The van der Waals surface area contributed by atoms with Gasteiger partial charge >= 0.3 is 0 Å². The summed E-state index contributed by atoms with van der Waals surface area (Å²) >= 11 is 1.79. The first-order valence-corrected chi connectivity index (χ1v) is 8.31. The normalized spacial score (nSPS) is 20.5. The van der Waals surface area contributed by atoms with E-state index < -0.39 is 0 Å². The molecular weight excluding hydrogens is 374 g/mol. The Morgan fingerprint density at radius 1 is 0.957 bits per heavy atom. The maximum absolute atomic E-state index is 9.79. The molecule has 0 spiro atoms. The van der Waals surface area contributed by atoms with Crippen molar-refractivity contribution in [3.8, 4) is 11.5 Å². The van der Waals surface area contributed by atoms with Gasteiger partial charge in [-0.2, -0.15) is 0 Å². The number of halogens is 1. The molecule has 0 amide bonds. The van der Waals surface area contributed by atoms with Crippen LogP contribution in [0.1, 0.15) is 23.0 Å². The van der Waals surface area contributed by atoms with Gasteiger partial charge in [0.05, 0.1) is 0 Å². The first kappa shape index (κ1) is 16.3. The molecule has 1 saturated heterocycles. The molecule has 1 fully saturated rings. The predicted molar refractivity (Wildman–Crippen MR) is 100 cm³/mol. The van der Waals surface area contributed by atoms with Crippen molar-refractivity contribution in [1.82, 2.24) is 5.32 Å². The van der Waals surface area contributed by atoms with Crippen LogP contribution >= 0.6 is 28.3 Å². The van der Waals surface area contributed by atoms with Gasteiger partial charge < -0.3 is 15.5 Å². The van der Waals surface area contributed by atoms with Crippen LogP contribution in [0.3, 0.4) is 0 Å². The van der Waals surface area contributed by atoms with Gasteiger partial charge in [0, 0.05) is 29.6 Å². The summed E-state index contributed by atoms with van der Waals surface area (Å²) in [7, 11) is 0. The van der Waals surface area contributed by atoms with E-state index in [9.17, 15) is 10.2 Å². The molecule has 0 aliphatic carbocycles. The lowest BCUT2D eigenvalue weighted by atomic mass is 9.83. The SMILES string of the molecule is Br.Oc1ccc([C@@H]2CNC[C@H]2c2cccc3ccsc23)cc1O. The van der Waals surface area contributed by atoms with E-state index in [1.54, 1.807) is 23.5 Å². The number of hydrogen-bond donors (Lipinski definition) is 3. The Bertz CT molecular complexity index is 833. The number of phenolic OH excluding ortho intramolecular Hbond substituents is 2. The lowest BCUT2D eigenvalue weighted by molar-refractivity contribution is 0.402. The van der Waals surface area contributed by atoms with Gasteiger partial charge in [-0.05, 0) is 40.1 Å². The van der Waals surface area contributed by atoms with Crippen molar-refractivity contribution in [3.63, 3.8) is 0 Å². The maximum Gasteiger partial charge on any atom is 0.157 e. The van der Waals surface area contributed by atoms with Gasteiger partial charge in [-0.3, -0.25) is 0 Å². The molecule has 1 aromatic heterocycles. The van der Waals surface area contributed by atoms with E-state index >= 15 is 0 Å². The van der Waals surface area contributed by atoms with Crippen molar-refractivity contribution in [2.75, 3.05) is 13.1 Å². The summed E-state index contributed by atoms with van der Waals surface area (Å²) < 4.78 is 1.35. The standard InChI is InChI=1S/C18H17NO2S.BrH/c20-16-5-4-12(8-17(16)21)14-9-19-10-15(14)13-3-1-2-11-6-7-22-18(11)13;/h1-8,14-15,19-21H,9-10H2;1H/t14-,15-;/m0./s1. The van der Waals surface area contributed by atoms with Crippen LogP contribution in [0.15, 0.2) is 47.8 Å². The van der Waals surface area contributed by atoms with Crippen LogP contribution in [-0.4, -0.2) is 23.3 Å². The number of fused-ring (bicyclic) bond motifs is 1. The molecule has 0 unspecified atom stereocenters. The zero-order chi connectivity index (χ0) is 15.1. The molecule has 0 saturated carbocycles. The van der Waals surface area contributed by atoms with Crippen molar-refractivity contribution in [2.24, 2.45) is 0 Å². The molecule has 0 bridgehead atoms. The number of nitrogens with one attached hydrogen (secondary N) is 1. The molecule has 2 aromatic carbocycles. The fourth-order valence-corrected chi connectivity index (χ4v) is 4.41. The van der Waals surface area contributed by atoms with Gasteiger partial charge in [0.15, 0.2) is 11.5 Å². The number of rotatable bonds is 2. The van der Waals surface area contributed by atoms with Crippen LogP contribution in [0, 0.1) is 0 Å². The second-order valence-electron chi connectivity index (χ2n) is 5.81. The van der Waals surface area contributed by atoms with E-state index in [1.807, 2.05) is 6.07 Å². The van der Waals surface area contributed by atoms with Crippen molar-refractivity contribution >= 4 is 38.4 Å². The molecule has 4 rings (SSSR count). The van der Waals surface area contributed by atoms with E-state index in [2.05, 4.69) is 35.0 Å². The maximum atomic E-state index is 9.79.